The quantitative estimate of drug-likeness (QED) is 0.309. The molecule has 2 fully saturated rings. The highest BCUT2D eigenvalue weighted by molar-refractivity contribution is 7.53. The third-order valence-corrected chi connectivity index (χ3v) is 11.8. The Morgan fingerprint density at radius 2 is 1.72 bits per heavy atom. The number of hydrogen-bond acceptors (Lipinski definition) is 3. The Balaban J connectivity index is 1.56. The molecule has 2 unspecified atom stereocenters. The van der Waals surface area contributed by atoms with Crippen LogP contribution in [0.5, 0.6) is 0 Å². The van der Waals surface area contributed by atoms with Crippen LogP contribution >= 0.6 is 18.9 Å². The van der Waals surface area contributed by atoms with E-state index in [1.54, 1.807) is 0 Å². The molecule has 2 atom stereocenters. The molecule has 0 radical (unpaired) electrons. The van der Waals surface area contributed by atoms with Gasteiger partial charge in [-0.3, -0.25) is 4.57 Å². The molecule has 0 aliphatic heterocycles. The van der Waals surface area contributed by atoms with Gasteiger partial charge in [0.1, 0.15) is 0 Å². The first-order chi connectivity index (χ1) is 17.3. The van der Waals surface area contributed by atoms with Gasteiger partial charge in [0.25, 0.3) is 0 Å². The monoisotopic (exact) mass is 532 g/mol. The van der Waals surface area contributed by atoms with E-state index in [9.17, 15) is 18.2 Å². The van der Waals surface area contributed by atoms with Gasteiger partial charge in [0.15, 0.2) is 11.6 Å². The molecule has 3 nitrogen and oxygen atoms in total. The minimum absolute atomic E-state index is 0.111. The molecule has 0 amide bonds. The molecular weight excluding hydrogens is 497 g/mol. The number of fused-ring (bicyclic) bond motifs is 1. The Morgan fingerprint density at radius 1 is 1.03 bits per heavy atom. The molecule has 0 saturated heterocycles. The van der Waals surface area contributed by atoms with E-state index in [1.807, 2.05) is 31.2 Å². The summed E-state index contributed by atoms with van der Waals surface area (Å²) in [6.07, 6.45) is 10.4. The maximum atomic E-state index is 14.4. The molecule has 2 saturated carbocycles. The van der Waals surface area contributed by atoms with E-state index < -0.39 is 30.5 Å². The number of benzene rings is 2. The van der Waals surface area contributed by atoms with Crippen LogP contribution in [0, 0.1) is 24.5 Å². The van der Waals surface area contributed by atoms with Gasteiger partial charge < -0.3 is 9.42 Å². The van der Waals surface area contributed by atoms with Crippen LogP contribution in [0.2, 0.25) is 0 Å². The van der Waals surface area contributed by atoms with Gasteiger partial charge in [-0.05, 0) is 79.7 Å². The van der Waals surface area contributed by atoms with E-state index in [4.69, 9.17) is 4.52 Å². The topological polar surface area (TPSA) is 46.5 Å². The van der Waals surface area contributed by atoms with Crippen LogP contribution in [0.15, 0.2) is 42.5 Å². The lowest BCUT2D eigenvalue weighted by Crippen LogP contribution is -2.43. The largest absolute Gasteiger partial charge is 0.337 e. The molecule has 5 rings (SSSR count). The fourth-order valence-corrected chi connectivity index (χ4v) is 10.1. The first kappa shape index (κ1) is 26.0. The molecule has 194 valence electrons. The van der Waals surface area contributed by atoms with Gasteiger partial charge in [0, 0.05) is 9.58 Å². The lowest BCUT2D eigenvalue weighted by molar-refractivity contribution is -0.0461. The molecule has 1 heterocycles. The number of hydrogen-bond donors (Lipinski definition) is 1. The third-order valence-electron chi connectivity index (χ3n) is 8.35. The molecule has 2 aromatic carbocycles. The van der Waals surface area contributed by atoms with Crippen LogP contribution in [-0.4, -0.2) is 10.5 Å². The van der Waals surface area contributed by atoms with Crippen molar-refractivity contribution in [3.63, 3.8) is 0 Å². The second kappa shape index (κ2) is 10.6. The summed E-state index contributed by atoms with van der Waals surface area (Å²) in [5.41, 5.74) is 0.0161. The van der Waals surface area contributed by atoms with Gasteiger partial charge in [-0.1, -0.05) is 62.8 Å². The molecule has 2 aliphatic rings. The van der Waals surface area contributed by atoms with Crippen LogP contribution in [0.4, 0.5) is 8.78 Å². The van der Waals surface area contributed by atoms with Crippen molar-refractivity contribution in [3.8, 4) is 0 Å². The van der Waals surface area contributed by atoms with Crippen LogP contribution in [0.1, 0.15) is 85.9 Å². The van der Waals surface area contributed by atoms with Crippen molar-refractivity contribution in [1.82, 2.24) is 0 Å². The molecule has 36 heavy (non-hydrogen) atoms. The van der Waals surface area contributed by atoms with Crippen molar-refractivity contribution in [2.45, 2.75) is 88.8 Å². The molecule has 0 spiro atoms. The van der Waals surface area contributed by atoms with Crippen molar-refractivity contribution in [2.24, 2.45) is 5.92 Å². The first-order valence-electron chi connectivity index (χ1n) is 13.2. The SMILES string of the molecule is Cc1c(C(Cc2ccc(F)c(F)c2)P(=O)(O)OC2(C3CCCCC3)CCCCC2)sc2ccccc12. The van der Waals surface area contributed by atoms with Crippen LogP contribution in [0.3, 0.4) is 0 Å². The van der Waals surface area contributed by atoms with E-state index in [1.165, 1.54) is 23.8 Å². The summed E-state index contributed by atoms with van der Waals surface area (Å²) >= 11 is 1.50. The van der Waals surface area contributed by atoms with E-state index in [2.05, 4.69) is 0 Å². The van der Waals surface area contributed by atoms with Crippen LogP contribution in [0.25, 0.3) is 10.1 Å². The minimum Gasteiger partial charge on any atom is -0.324 e. The maximum absolute atomic E-state index is 14.4. The van der Waals surface area contributed by atoms with Crippen LogP contribution < -0.4 is 0 Å². The fourth-order valence-electron chi connectivity index (χ4n) is 6.43. The van der Waals surface area contributed by atoms with Crippen LogP contribution in [-0.2, 0) is 15.5 Å². The first-order valence-corrected chi connectivity index (χ1v) is 15.7. The lowest BCUT2D eigenvalue weighted by Gasteiger charge is -2.46. The van der Waals surface area contributed by atoms with Gasteiger partial charge in [-0.15, -0.1) is 11.3 Å². The van der Waals surface area contributed by atoms with E-state index in [0.717, 1.165) is 90.4 Å². The number of thiophene rings is 1. The average molecular weight is 533 g/mol. The fraction of sp³-hybridized carbons (Fsp3) is 0.517. The molecular formula is C29H35F2O3PS. The van der Waals surface area contributed by atoms with Crippen molar-refractivity contribution in [1.29, 1.82) is 0 Å². The Kier molecular flexibility index (Phi) is 7.70. The Labute approximate surface area is 216 Å². The second-order valence-electron chi connectivity index (χ2n) is 10.7. The summed E-state index contributed by atoms with van der Waals surface area (Å²) in [6, 6.07) is 11.7. The predicted octanol–water partition coefficient (Wildman–Crippen LogP) is 9.26. The van der Waals surface area contributed by atoms with Gasteiger partial charge in [0.2, 0.25) is 0 Å². The Hall–Kier alpha value is -1.59. The van der Waals surface area contributed by atoms with Crippen molar-refractivity contribution in [2.75, 3.05) is 0 Å². The minimum atomic E-state index is -4.21. The van der Waals surface area contributed by atoms with Gasteiger partial charge in [-0.25, -0.2) is 8.78 Å². The number of rotatable bonds is 7. The summed E-state index contributed by atoms with van der Waals surface area (Å²) in [6.45, 7) is 1.98. The zero-order valence-electron chi connectivity index (χ0n) is 20.8. The predicted molar refractivity (Wildman–Crippen MR) is 143 cm³/mol. The van der Waals surface area contributed by atoms with E-state index >= 15 is 0 Å². The summed E-state index contributed by atoms with van der Waals surface area (Å²) in [5, 5.41) is 1.05. The highest BCUT2D eigenvalue weighted by atomic mass is 32.1. The zero-order chi connectivity index (χ0) is 25.3. The molecule has 2 aliphatic carbocycles. The van der Waals surface area contributed by atoms with Crippen molar-refractivity contribution in [3.05, 3.63) is 70.1 Å². The molecule has 1 N–H and O–H groups in total. The summed E-state index contributed by atoms with van der Waals surface area (Å²) in [5.74, 6) is -1.58. The highest BCUT2D eigenvalue weighted by Gasteiger charge is 2.49. The van der Waals surface area contributed by atoms with Gasteiger partial charge in [-0.2, -0.15) is 0 Å². The molecule has 1 aromatic heterocycles. The third kappa shape index (κ3) is 5.20. The average Bonchev–Trinajstić information content (AvgIpc) is 3.21. The standard InChI is InChI=1S/C29H35F2O3PS/c1-20-23-12-6-7-13-27(23)36-28(20)26(19-21-14-15-24(30)25(31)18-21)35(32,33)34-29(16-8-3-9-17-29)22-10-4-2-5-11-22/h6-7,12-15,18,22,26H,2-5,8-11,16-17,19H2,1H3,(H,32,33). The van der Waals surface area contributed by atoms with E-state index in [0.29, 0.717) is 11.5 Å². The molecule has 0 bridgehead atoms. The normalized spacial score (nSPS) is 21.3. The molecule has 7 heteroatoms. The highest BCUT2D eigenvalue weighted by Crippen LogP contribution is 2.65. The second-order valence-corrected chi connectivity index (χ2v) is 13.7. The molecule has 3 aromatic rings. The lowest BCUT2D eigenvalue weighted by atomic mass is 9.70. The maximum Gasteiger partial charge on any atom is 0.337 e. The van der Waals surface area contributed by atoms with Gasteiger partial charge in [0.05, 0.1) is 11.3 Å². The van der Waals surface area contributed by atoms with Crippen molar-refractivity contribution >= 4 is 29.0 Å². The Bertz CT molecular complexity index is 1260. The smallest absolute Gasteiger partial charge is 0.324 e. The summed E-state index contributed by atoms with van der Waals surface area (Å²) in [7, 11) is -4.21. The Morgan fingerprint density at radius 3 is 2.42 bits per heavy atom. The van der Waals surface area contributed by atoms with E-state index in [-0.39, 0.29) is 6.42 Å². The summed E-state index contributed by atoms with van der Waals surface area (Å²) < 4.78 is 49.8. The number of halogens is 2. The number of aryl methyl sites for hydroxylation is 1. The summed E-state index contributed by atoms with van der Waals surface area (Å²) in [4.78, 5) is 12.6. The van der Waals surface area contributed by atoms with Crippen molar-refractivity contribution < 1.29 is 22.8 Å². The van der Waals surface area contributed by atoms with Gasteiger partial charge >= 0.3 is 7.60 Å². The zero-order valence-corrected chi connectivity index (χ0v) is 22.6.